The van der Waals surface area contributed by atoms with Gasteiger partial charge in [-0.3, -0.25) is 9.59 Å². The highest BCUT2D eigenvalue weighted by atomic mass is 32.2. The molecule has 0 spiro atoms. The normalized spacial score (nSPS) is 33.6. The van der Waals surface area contributed by atoms with Gasteiger partial charge in [0.25, 0.3) is 0 Å². The number of alkyl halides is 1. The predicted octanol–water partition coefficient (Wildman–Crippen LogP) is 17.7. The van der Waals surface area contributed by atoms with Crippen LogP contribution in [0.1, 0.15) is 280 Å². The number of nitrogens with one attached hydrogen (secondary N) is 1. The second-order valence-corrected chi connectivity index (χ2v) is 31.6. The number of esters is 2. The van der Waals surface area contributed by atoms with Crippen molar-refractivity contribution >= 4 is 21.8 Å². The van der Waals surface area contributed by atoms with Crippen LogP contribution in [0.3, 0.4) is 0 Å². The zero-order valence-electron chi connectivity index (χ0n) is 52.5. The summed E-state index contributed by atoms with van der Waals surface area (Å²) in [5.74, 6) is 2.50. The molecule has 0 aromatic rings. The Kier molecular flexibility index (Phi) is 24.4. The largest absolute Gasteiger partial charge is 0.428 e. The van der Waals surface area contributed by atoms with Gasteiger partial charge >= 0.3 is 11.9 Å². The van der Waals surface area contributed by atoms with E-state index in [4.69, 9.17) is 9.47 Å². The van der Waals surface area contributed by atoms with Crippen molar-refractivity contribution < 1.29 is 31.9 Å². The summed E-state index contributed by atoms with van der Waals surface area (Å²) in [6.07, 6.45) is 47.9. The van der Waals surface area contributed by atoms with Crippen molar-refractivity contribution in [2.75, 3.05) is 51.2 Å². The molecule has 10 heteroatoms. The molecule has 0 bridgehead atoms. The van der Waals surface area contributed by atoms with Gasteiger partial charge in [-0.25, -0.2) is 12.8 Å². The van der Waals surface area contributed by atoms with Crippen molar-refractivity contribution in [2.45, 2.75) is 285 Å². The maximum absolute atomic E-state index is 15.0. The third-order valence-corrected chi connectivity index (χ3v) is 25.6. The molecule has 7 rings (SSSR count). The lowest BCUT2D eigenvalue weighted by Gasteiger charge is -2.72. The molecule has 458 valence electrons. The van der Waals surface area contributed by atoms with Crippen molar-refractivity contribution in [3.05, 3.63) is 35.5 Å². The zero-order chi connectivity index (χ0) is 57.5. The standard InChI is InChI=1S/C70H119FN2O6S/c1-9-10-11-12-13-14-15-16-17-18-19-20-21-22-23-24-25-26-27-28-29-30-31-32-62(74)78-54-79-64(75)69(53-71)42-35-56(36-43-69)58-38-40-66(6)60(65(58,4)5)39-41-68(8)61(66)34-33-59-63-57(55(2)3)37-44-70(63,46-45-67(59,68)7)72-47-48-73-49-51-80(76,77)52-50-73/h35,38,57,59-61,63,72H,2,9-34,36-37,39-54H2,1,3-8H3/t57-,59+,60-,61+,63+,66-,67+,68+,69+,70-/m0/s1. The summed E-state index contributed by atoms with van der Waals surface area (Å²) in [4.78, 5) is 28.5. The van der Waals surface area contributed by atoms with Crippen molar-refractivity contribution in [3.63, 3.8) is 0 Å². The summed E-state index contributed by atoms with van der Waals surface area (Å²) in [6, 6.07) is 0. The molecule has 0 unspecified atom stereocenters. The number of fused-ring (bicyclic) bond motifs is 7. The van der Waals surface area contributed by atoms with Crippen LogP contribution in [0.5, 0.6) is 0 Å². The Balaban J connectivity index is 0.797. The average Bonchev–Trinajstić information content (AvgIpc) is 3.79. The summed E-state index contributed by atoms with van der Waals surface area (Å²) in [6.45, 7) is 24.1. The van der Waals surface area contributed by atoms with Crippen LogP contribution in [0.4, 0.5) is 4.39 Å². The number of unbranched alkanes of at least 4 members (excludes halogenated alkanes) is 22. The molecule has 1 heterocycles. The predicted molar refractivity (Wildman–Crippen MR) is 330 cm³/mol. The van der Waals surface area contributed by atoms with E-state index in [0.29, 0.717) is 68.4 Å². The average molecular weight is 1140 g/mol. The Hall–Kier alpha value is -2.04. The number of carbonyl (C=O) groups excluding carboxylic acids is 2. The van der Waals surface area contributed by atoms with E-state index >= 15 is 4.39 Å². The maximum atomic E-state index is 15.0. The molecule has 5 fully saturated rings. The lowest BCUT2D eigenvalue weighted by molar-refractivity contribution is -0.221. The van der Waals surface area contributed by atoms with E-state index in [1.54, 1.807) is 0 Å². The number of allylic oxidation sites excluding steroid dienone is 5. The van der Waals surface area contributed by atoms with Crippen LogP contribution >= 0.6 is 0 Å². The van der Waals surface area contributed by atoms with E-state index in [1.807, 2.05) is 0 Å². The molecule has 1 aliphatic heterocycles. The van der Waals surface area contributed by atoms with E-state index in [9.17, 15) is 18.0 Å². The fourth-order valence-corrected chi connectivity index (χ4v) is 20.3. The van der Waals surface area contributed by atoms with Crippen molar-refractivity contribution in [3.8, 4) is 0 Å². The molecular weight excluding hydrogens is 1020 g/mol. The van der Waals surface area contributed by atoms with Crippen LogP contribution < -0.4 is 5.32 Å². The van der Waals surface area contributed by atoms with Gasteiger partial charge in [-0.2, -0.15) is 0 Å². The second-order valence-electron chi connectivity index (χ2n) is 29.2. The number of rotatable bonds is 34. The van der Waals surface area contributed by atoms with Gasteiger partial charge in [0.05, 0.1) is 11.5 Å². The molecule has 8 nitrogen and oxygen atoms in total. The molecule has 7 aliphatic rings. The number of hydrogen-bond donors (Lipinski definition) is 1. The minimum absolute atomic E-state index is 0.0615. The van der Waals surface area contributed by atoms with Crippen LogP contribution in [0.15, 0.2) is 35.5 Å². The summed E-state index contributed by atoms with van der Waals surface area (Å²) >= 11 is 0. The molecule has 6 aliphatic carbocycles. The third-order valence-electron chi connectivity index (χ3n) is 24.0. The van der Waals surface area contributed by atoms with E-state index in [2.05, 4.69) is 77.4 Å². The Morgan fingerprint density at radius 1 is 0.675 bits per heavy atom. The Labute approximate surface area is 489 Å². The topological polar surface area (TPSA) is 102 Å². The molecule has 0 aromatic carbocycles. The van der Waals surface area contributed by atoms with E-state index < -0.39 is 34.7 Å². The molecule has 80 heavy (non-hydrogen) atoms. The monoisotopic (exact) mass is 1130 g/mol. The first-order valence-electron chi connectivity index (χ1n) is 33.9. The van der Waals surface area contributed by atoms with Gasteiger partial charge in [0, 0.05) is 38.1 Å². The smallest absolute Gasteiger partial charge is 0.317 e. The van der Waals surface area contributed by atoms with E-state index in [0.717, 1.165) is 38.8 Å². The highest BCUT2D eigenvalue weighted by molar-refractivity contribution is 7.91. The number of halogens is 1. The summed E-state index contributed by atoms with van der Waals surface area (Å²) in [5.41, 5.74) is 3.45. The SMILES string of the molecule is C=C(C)[C@@H]1CC[C@]2(NCCN3CCS(=O)(=O)CC3)CC[C@]3(C)[C@H](CC[C@@H]4[C@@]5(C)CC=C(C6=CC[C@@](CF)(C(=O)OCOC(=O)CCCCCCCCCCCCCCCCCCCCCCCCC)CC6)C(C)(C)[C@@H]5CC[C@]43C)[C@@H]12. The van der Waals surface area contributed by atoms with Gasteiger partial charge in [0.1, 0.15) is 12.1 Å². The Morgan fingerprint density at radius 3 is 1.79 bits per heavy atom. The zero-order valence-corrected chi connectivity index (χ0v) is 53.4. The molecule has 10 atom stereocenters. The number of sulfone groups is 1. The number of carbonyl (C=O) groups is 2. The fourth-order valence-electron chi connectivity index (χ4n) is 19.0. The van der Waals surface area contributed by atoms with E-state index in [1.165, 1.54) is 197 Å². The molecule has 1 N–H and O–H groups in total. The number of nitrogens with zero attached hydrogens (tertiary/aromatic N) is 1. The lowest BCUT2D eigenvalue weighted by Crippen LogP contribution is -2.68. The quantitative estimate of drug-likeness (QED) is 0.0294. The maximum Gasteiger partial charge on any atom is 0.317 e. The first kappa shape index (κ1) is 65.5. The minimum atomic E-state index is -2.89. The molecular formula is C70H119FN2O6S. The third kappa shape index (κ3) is 15.5. The van der Waals surface area contributed by atoms with Gasteiger partial charge < -0.3 is 19.7 Å². The molecule has 0 amide bonds. The molecule has 4 saturated carbocycles. The van der Waals surface area contributed by atoms with Gasteiger partial charge in [-0.1, -0.05) is 207 Å². The Morgan fingerprint density at radius 2 is 1.25 bits per heavy atom. The van der Waals surface area contributed by atoms with Gasteiger partial charge in [0.2, 0.25) is 6.79 Å². The van der Waals surface area contributed by atoms with E-state index in [-0.39, 0.29) is 44.7 Å². The summed E-state index contributed by atoms with van der Waals surface area (Å²) in [7, 11) is -2.89. The highest BCUT2D eigenvalue weighted by Crippen LogP contribution is 2.76. The minimum Gasteiger partial charge on any atom is -0.428 e. The van der Waals surface area contributed by atoms with Crippen LogP contribution in [-0.2, 0) is 28.9 Å². The summed E-state index contributed by atoms with van der Waals surface area (Å²) in [5, 5.41) is 4.23. The van der Waals surface area contributed by atoms with Crippen molar-refractivity contribution in [2.24, 2.45) is 56.7 Å². The van der Waals surface area contributed by atoms with Gasteiger partial charge in [0.15, 0.2) is 9.84 Å². The van der Waals surface area contributed by atoms with Gasteiger partial charge in [-0.05, 0) is 153 Å². The molecule has 1 saturated heterocycles. The first-order chi connectivity index (χ1) is 38.3. The molecule has 0 radical (unpaired) electrons. The summed E-state index contributed by atoms with van der Waals surface area (Å²) < 4.78 is 50.2. The second kappa shape index (κ2) is 29.9. The molecule has 0 aromatic heterocycles. The van der Waals surface area contributed by atoms with Crippen LogP contribution in [0.25, 0.3) is 0 Å². The first-order valence-corrected chi connectivity index (χ1v) is 35.8. The lowest BCUT2D eigenvalue weighted by atomic mass is 9.33. The number of hydrogen-bond acceptors (Lipinski definition) is 8. The Bertz CT molecular complexity index is 2160. The van der Waals surface area contributed by atoms with Gasteiger partial charge in [-0.15, -0.1) is 0 Å². The van der Waals surface area contributed by atoms with Crippen LogP contribution in [0.2, 0.25) is 0 Å². The highest BCUT2D eigenvalue weighted by Gasteiger charge is 2.70. The number of ether oxygens (including phenoxy) is 2. The van der Waals surface area contributed by atoms with Crippen LogP contribution in [0, 0.1) is 56.7 Å². The van der Waals surface area contributed by atoms with Crippen molar-refractivity contribution in [1.29, 1.82) is 0 Å². The van der Waals surface area contributed by atoms with Crippen molar-refractivity contribution in [1.82, 2.24) is 10.2 Å². The fraction of sp³-hybridized carbons (Fsp3) is 0.886. The van der Waals surface area contributed by atoms with Crippen LogP contribution in [-0.4, -0.2) is 81.9 Å².